The van der Waals surface area contributed by atoms with E-state index in [4.69, 9.17) is 16.3 Å². The van der Waals surface area contributed by atoms with E-state index in [2.05, 4.69) is 15.3 Å². The van der Waals surface area contributed by atoms with Gasteiger partial charge in [0.25, 0.3) is 0 Å². The minimum absolute atomic E-state index is 0.171. The zero-order chi connectivity index (χ0) is 15.6. The summed E-state index contributed by atoms with van der Waals surface area (Å²) in [6, 6.07) is 5.75. The fraction of sp³-hybridized carbons (Fsp3) is 0.400. The topological polar surface area (TPSA) is 64.1 Å². The average molecular weight is 308 g/mol. The fourth-order valence-electron chi connectivity index (χ4n) is 1.76. The SMILES string of the molecule is Cc1ccc2nc(CNC(=O)OC(C)(C)C)c(Cl)nc2c1. The molecule has 1 aromatic carbocycles. The Morgan fingerprint density at radius 3 is 2.67 bits per heavy atom. The number of amides is 1. The summed E-state index contributed by atoms with van der Waals surface area (Å²) in [6.45, 7) is 7.56. The van der Waals surface area contributed by atoms with Crippen molar-refractivity contribution in [3.05, 3.63) is 34.6 Å². The summed E-state index contributed by atoms with van der Waals surface area (Å²) in [7, 11) is 0. The lowest BCUT2D eigenvalue weighted by atomic mass is 10.2. The number of aromatic nitrogens is 2. The minimum Gasteiger partial charge on any atom is -0.444 e. The van der Waals surface area contributed by atoms with E-state index in [9.17, 15) is 4.79 Å². The number of carbonyl (C=O) groups is 1. The van der Waals surface area contributed by atoms with Crippen molar-refractivity contribution in [2.45, 2.75) is 39.8 Å². The van der Waals surface area contributed by atoms with Gasteiger partial charge in [0.2, 0.25) is 0 Å². The highest BCUT2D eigenvalue weighted by molar-refractivity contribution is 6.30. The van der Waals surface area contributed by atoms with E-state index in [0.717, 1.165) is 16.6 Å². The number of carbonyl (C=O) groups excluding carboxylic acids is 1. The Hall–Kier alpha value is -1.88. The van der Waals surface area contributed by atoms with E-state index >= 15 is 0 Å². The van der Waals surface area contributed by atoms with E-state index < -0.39 is 11.7 Å². The second kappa shape index (κ2) is 5.85. The second-order valence-electron chi connectivity index (χ2n) is 5.81. The highest BCUT2D eigenvalue weighted by Gasteiger charge is 2.16. The second-order valence-corrected chi connectivity index (χ2v) is 6.17. The molecule has 1 heterocycles. The largest absolute Gasteiger partial charge is 0.444 e. The number of benzene rings is 1. The Kier molecular flexibility index (Phi) is 4.32. The van der Waals surface area contributed by atoms with Crippen molar-refractivity contribution >= 4 is 28.7 Å². The maximum Gasteiger partial charge on any atom is 0.407 e. The molecule has 5 nitrogen and oxygen atoms in total. The number of rotatable bonds is 2. The number of hydrogen-bond donors (Lipinski definition) is 1. The zero-order valence-corrected chi connectivity index (χ0v) is 13.3. The summed E-state index contributed by atoms with van der Waals surface area (Å²) >= 11 is 6.11. The highest BCUT2D eigenvalue weighted by Crippen LogP contribution is 2.18. The molecule has 1 aromatic heterocycles. The number of nitrogens with one attached hydrogen (secondary N) is 1. The fourth-order valence-corrected chi connectivity index (χ4v) is 1.96. The lowest BCUT2D eigenvalue weighted by Crippen LogP contribution is -2.32. The quantitative estimate of drug-likeness (QED) is 0.920. The van der Waals surface area contributed by atoms with Crippen molar-refractivity contribution in [2.75, 3.05) is 0 Å². The molecule has 6 heteroatoms. The molecule has 0 aliphatic carbocycles. The maximum absolute atomic E-state index is 11.6. The molecule has 0 unspecified atom stereocenters. The van der Waals surface area contributed by atoms with Crippen LogP contribution in [-0.4, -0.2) is 21.7 Å². The van der Waals surface area contributed by atoms with Crippen LogP contribution in [0.1, 0.15) is 32.0 Å². The highest BCUT2D eigenvalue weighted by atomic mass is 35.5. The van der Waals surface area contributed by atoms with E-state index in [1.165, 1.54) is 0 Å². The monoisotopic (exact) mass is 307 g/mol. The summed E-state index contributed by atoms with van der Waals surface area (Å²) in [6.07, 6.45) is -0.510. The first-order valence-corrected chi connectivity index (χ1v) is 7.02. The molecule has 0 aliphatic rings. The molecule has 0 radical (unpaired) electrons. The average Bonchev–Trinajstić information content (AvgIpc) is 2.34. The number of alkyl carbamates (subject to hydrolysis) is 1. The van der Waals surface area contributed by atoms with E-state index in [-0.39, 0.29) is 11.7 Å². The molecule has 0 aliphatic heterocycles. The summed E-state index contributed by atoms with van der Waals surface area (Å²) in [4.78, 5) is 20.3. The van der Waals surface area contributed by atoms with Gasteiger partial charge in [0.05, 0.1) is 23.3 Å². The molecular formula is C15H18ClN3O2. The summed E-state index contributed by atoms with van der Waals surface area (Å²) in [5.41, 5.74) is 2.54. The number of hydrogen-bond acceptors (Lipinski definition) is 4. The van der Waals surface area contributed by atoms with Crippen LogP contribution in [0.2, 0.25) is 5.15 Å². The number of ether oxygens (including phenoxy) is 1. The van der Waals surface area contributed by atoms with Crippen LogP contribution in [0.3, 0.4) is 0 Å². The van der Waals surface area contributed by atoms with Gasteiger partial charge in [-0.2, -0.15) is 0 Å². The van der Waals surface area contributed by atoms with Crippen molar-refractivity contribution in [1.82, 2.24) is 15.3 Å². The van der Waals surface area contributed by atoms with Gasteiger partial charge in [0.15, 0.2) is 5.15 Å². The Morgan fingerprint density at radius 2 is 2.00 bits per heavy atom. The molecule has 112 valence electrons. The number of aryl methyl sites for hydroxylation is 1. The molecule has 1 amide bonds. The molecule has 2 aromatic rings. The standard InChI is InChI=1S/C15H18ClN3O2/c1-9-5-6-10-11(7-9)19-13(16)12(18-10)8-17-14(20)21-15(2,3)4/h5-7H,8H2,1-4H3,(H,17,20). The Bertz CT molecular complexity index is 680. The summed E-state index contributed by atoms with van der Waals surface area (Å²) < 4.78 is 5.16. The van der Waals surface area contributed by atoms with Gasteiger partial charge >= 0.3 is 6.09 Å². The third-order valence-electron chi connectivity index (χ3n) is 2.64. The van der Waals surface area contributed by atoms with Crippen molar-refractivity contribution in [3.63, 3.8) is 0 Å². The minimum atomic E-state index is -0.541. The molecule has 0 saturated carbocycles. The Morgan fingerprint density at radius 1 is 1.29 bits per heavy atom. The normalized spacial score (nSPS) is 11.5. The van der Waals surface area contributed by atoms with Crippen LogP contribution in [0.25, 0.3) is 11.0 Å². The summed E-state index contributed by atoms with van der Waals surface area (Å²) in [5.74, 6) is 0. The molecule has 21 heavy (non-hydrogen) atoms. The molecule has 0 bridgehead atoms. The van der Waals surface area contributed by atoms with Crippen LogP contribution in [-0.2, 0) is 11.3 Å². The first-order valence-electron chi connectivity index (χ1n) is 6.64. The smallest absolute Gasteiger partial charge is 0.407 e. The van der Waals surface area contributed by atoms with Gasteiger partial charge in [0.1, 0.15) is 5.60 Å². The molecule has 0 fully saturated rings. The van der Waals surface area contributed by atoms with Crippen molar-refractivity contribution < 1.29 is 9.53 Å². The van der Waals surface area contributed by atoms with E-state index in [1.807, 2.05) is 25.1 Å². The van der Waals surface area contributed by atoms with Crippen molar-refractivity contribution in [3.8, 4) is 0 Å². The predicted molar refractivity (Wildman–Crippen MR) is 82.4 cm³/mol. The molecule has 1 N–H and O–H groups in total. The Balaban J connectivity index is 2.14. The molecule has 0 saturated heterocycles. The first-order chi connectivity index (χ1) is 9.74. The van der Waals surface area contributed by atoms with Crippen LogP contribution in [0.15, 0.2) is 18.2 Å². The van der Waals surface area contributed by atoms with Crippen LogP contribution >= 0.6 is 11.6 Å². The summed E-state index contributed by atoms with van der Waals surface area (Å²) in [5, 5.41) is 2.91. The third-order valence-corrected chi connectivity index (χ3v) is 2.94. The van der Waals surface area contributed by atoms with Gasteiger partial charge in [-0.15, -0.1) is 0 Å². The van der Waals surface area contributed by atoms with Crippen molar-refractivity contribution in [1.29, 1.82) is 0 Å². The molecule has 0 atom stereocenters. The first kappa shape index (κ1) is 15.5. The maximum atomic E-state index is 11.6. The molecular weight excluding hydrogens is 290 g/mol. The van der Waals surface area contributed by atoms with Crippen molar-refractivity contribution in [2.24, 2.45) is 0 Å². The van der Waals surface area contributed by atoms with Gasteiger partial charge in [-0.3, -0.25) is 0 Å². The van der Waals surface area contributed by atoms with Gasteiger partial charge in [-0.05, 0) is 45.4 Å². The lowest BCUT2D eigenvalue weighted by molar-refractivity contribution is 0.0523. The van der Waals surface area contributed by atoms with E-state index in [0.29, 0.717) is 5.69 Å². The van der Waals surface area contributed by atoms with E-state index in [1.54, 1.807) is 20.8 Å². The lowest BCUT2D eigenvalue weighted by Gasteiger charge is -2.19. The molecule has 2 rings (SSSR count). The number of nitrogens with zero attached hydrogens (tertiary/aromatic N) is 2. The Labute approximate surface area is 128 Å². The number of halogens is 1. The predicted octanol–water partition coefficient (Wildman–Crippen LogP) is 3.62. The van der Waals surface area contributed by atoms with Crippen LogP contribution in [0, 0.1) is 6.92 Å². The van der Waals surface area contributed by atoms with Crippen LogP contribution < -0.4 is 5.32 Å². The van der Waals surface area contributed by atoms with Gasteiger partial charge in [-0.1, -0.05) is 17.7 Å². The number of fused-ring (bicyclic) bond motifs is 1. The van der Waals surface area contributed by atoms with Crippen LogP contribution in [0.4, 0.5) is 4.79 Å². The zero-order valence-electron chi connectivity index (χ0n) is 12.5. The van der Waals surface area contributed by atoms with Gasteiger partial charge < -0.3 is 10.1 Å². The molecule has 0 spiro atoms. The van der Waals surface area contributed by atoms with Crippen LogP contribution in [0.5, 0.6) is 0 Å². The van der Waals surface area contributed by atoms with Gasteiger partial charge in [0, 0.05) is 0 Å². The van der Waals surface area contributed by atoms with Gasteiger partial charge in [-0.25, -0.2) is 14.8 Å². The third kappa shape index (κ3) is 4.29.